The van der Waals surface area contributed by atoms with Gasteiger partial charge in [-0.05, 0) is 32.4 Å². The Morgan fingerprint density at radius 3 is 2.76 bits per heavy atom. The highest BCUT2D eigenvalue weighted by molar-refractivity contribution is 5.78. The normalized spacial score (nSPS) is 15.7. The molecule has 0 saturated heterocycles. The van der Waals surface area contributed by atoms with Crippen molar-refractivity contribution in [3.63, 3.8) is 0 Å². The molecular formula is C17H26N2O2. The van der Waals surface area contributed by atoms with E-state index >= 15 is 0 Å². The van der Waals surface area contributed by atoms with E-state index in [1.54, 1.807) is 0 Å². The van der Waals surface area contributed by atoms with Crippen molar-refractivity contribution in [3.8, 4) is 5.75 Å². The van der Waals surface area contributed by atoms with Crippen LogP contribution in [0.15, 0.2) is 18.2 Å². The van der Waals surface area contributed by atoms with Gasteiger partial charge in [-0.3, -0.25) is 4.79 Å². The smallest absolute Gasteiger partial charge is 0.258 e. The van der Waals surface area contributed by atoms with Crippen molar-refractivity contribution in [1.29, 1.82) is 0 Å². The van der Waals surface area contributed by atoms with E-state index in [-0.39, 0.29) is 12.5 Å². The van der Waals surface area contributed by atoms with Crippen molar-refractivity contribution >= 4 is 5.91 Å². The average Bonchev–Trinajstić information content (AvgIpc) is 2.48. The van der Waals surface area contributed by atoms with Crippen molar-refractivity contribution < 1.29 is 9.53 Å². The lowest BCUT2D eigenvalue weighted by molar-refractivity contribution is -0.124. The van der Waals surface area contributed by atoms with Crippen LogP contribution in [-0.2, 0) is 11.3 Å². The van der Waals surface area contributed by atoms with Crippen LogP contribution in [-0.4, -0.2) is 25.6 Å². The lowest BCUT2D eigenvalue weighted by Gasteiger charge is -2.23. The third kappa shape index (κ3) is 4.74. The van der Waals surface area contributed by atoms with Crippen molar-refractivity contribution in [2.45, 2.75) is 51.6 Å². The average molecular weight is 290 g/mol. The van der Waals surface area contributed by atoms with Gasteiger partial charge in [-0.1, -0.05) is 37.5 Å². The molecule has 1 aromatic rings. The summed E-state index contributed by atoms with van der Waals surface area (Å²) in [6.45, 7) is 2.84. The molecule has 1 fully saturated rings. The number of nitrogens with one attached hydrogen (secondary N) is 2. The van der Waals surface area contributed by atoms with E-state index in [2.05, 4.69) is 10.6 Å². The van der Waals surface area contributed by atoms with Gasteiger partial charge in [-0.2, -0.15) is 0 Å². The predicted molar refractivity (Wildman–Crippen MR) is 84.5 cm³/mol. The van der Waals surface area contributed by atoms with Gasteiger partial charge in [0.25, 0.3) is 5.91 Å². The van der Waals surface area contributed by atoms with Crippen molar-refractivity contribution in [3.05, 3.63) is 29.3 Å². The number of ether oxygens (including phenoxy) is 1. The Bertz CT molecular complexity index is 468. The van der Waals surface area contributed by atoms with E-state index in [4.69, 9.17) is 4.74 Å². The van der Waals surface area contributed by atoms with Crippen LogP contribution in [0.5, 0.6) is 5.75 Å². The highest BCUT2D eigenvalue weighted by Crippen LogP contribution is 2.23. The molecule has 1 aliphatic carbocycles. The summed E-state index contributed by atoms with van der Waals surface area (Å²) in [5.74, 6) is 0.811. The van der Waals surface area contributed by atoms with Crippen molar-refractivity contribution in [2.75, 3.05) is 13.7 Å². The molecule has 0 bridgehead atoms. The Kier molecular flexibility index (Phi) is 6.05. The summed E-state index contributed by atoms with van der Waals surface area (Å²) in [7, 11) is 1.90. The molecule has 1 amide bonds. The van der Waals surface area contributed by atoms with E-state index in [0.717, 1.165) is 36.3 Å². The Labute approximate surface area is 127 Å². The van der Waals surface area contributed by atoms with Gasteiger partial charge >= 0.3 is 0 Å². The molecule has 2 rings (SSSR count). The lowest BCUT2D eigenvalue weighted by Crippen LogP contribution is -2.39. The number of hydrogen-bond acceptors (Lipinski definition) is 3. The van der Waals surface area contributed by atoms with E-state index in [1.165, 1.54) is 19.3 Å². The Morgan fingerprint density at radius 1 is 1.29 bits per heavy atom. The fraction of sp³-hybridized carbons (Fsp3) is 0.588. The monoisotopic (exact) mass is 290 g/mol. The summed E-state index contributed by atoms with van der Waals surface area (Å²) in [6.07, 6.45) is 5.92. The quantitative estimate of drug-likeness (QED) is 0.846. The van der Waals surface area contributed by atoms with Crippen molar-refractivity contribution in [1.82, 2.24) is 10.6 Å². The molecule has 0 heterocycles. The van der Waals surface area contributed by atoms with Crippen LogP contribution in [0.3, 0.4) is 0 Å². The van der Waals surface area contributed by atoms with Crippen LogP contribution < -0.4 is 15.4 Å². The minimum atomic E-state index is -0.0134. The summed E-state index contributed by atoms with van der Waals surface area (Å²) in [6, 6.07) is 6.38. The first-order valence-corrected chi connectivity index (χ1v) is 7.86. The second-order valence-corrected chi connectivity index (χ2v) is 5.78. The summed E-state index contributed by atoms with van der Waals surface area (Å²) < 4.78 is 5.77. The summed E-state index contributed by atoms with van der Waals surface area (Å²) >= 11 is 0. The fourth-order valence-corrected chi connectivity index (χ4v) is 2.90. The highest BCUT2D eigenvalue weighted by atomic mass is 16.5. The first-order valence-electron chi connectivity index (χ1n) is 7.86. The molecule has 1 aliphatic rings. The zero-order valence-corrected chi connectivity index (χ0v) is 13.1. The van der Waals surface area contributed by atoms with Crippen LogP contribution in [0.4, 0.5) is 0 Å². The van der Waals surface area contributed by atoms with E-state index in [1.807, 2.05) is 32.2 Å². The topological polar surface area (TPSA) is 50.4 Å². The lowest BCUT2D eigenvalue weighted by atomic mass is 9.95. The molecule has 0 aromatic heterocycles. The SMILES string of the molecule is CNCc1cccc(C)c1OCC(=O)NC1CCCCC1. The van der Waals surface area contributed by atoms with Crippen LogP contribution >= 0.6 is 0 Å². The van der Waals surface area contributed by atoms with Gasteiger partial charge in [-0.25, -0.2) is 0 Å². The number of carbonyl (C=O) groups is 1. The largest absolute Gasteiger partial charge is 0.483 e. The minimum absolute atomic E-state index is 0.0134. The number of carbonyl (C=O) groups excluding carboxylic acids is 1. The Morgan fingerprint density at radius 2 is 2.05 bits per heavy atom. The number of para-hydroxylation sites is 1. The molecule has 1 aromatic carbocycles. The van der Waals surface area contributed by atoms with Gasteiger partial charge in [0.15, 0.2) is 6.61 Å². The molecule has 0 radical (unpaired) electrons. The third-order valence-electron chi connectivity index (χ3n) is 3.98. The minimum Gasteiger partial charge on any atom is -0.483 e. The van der Waals surface area contributed by atoms with E-state index in [9.17, 15) is 4.79 Å². The second-order valence-electron chi connectivity index (χ2n) is 5.78. The maximum Gasteiger partial charge on any atom is 0.258 e. The number of aryl methyl sites for hydroxylation is 1. The van der Waals surface area contributed by atoms with Gasteiger partial charge in [0.2, 0.25) is 0 Å². The number of benzene rings is 1. The van der Waals surface area contributed by atoms with Gasteiger partial charge in [0.1, 0.15) is 5.75 Å². The molecule has 1 saturated carbocycles. The maximum absolute atomic E-state index is 12.0. The van der Waals surface area contributed by atoms with Crippen LogP contribution in [0.2, 0.25) is 0 Å². The zero-order valence-electron chi connectivity index (χ0n) is 13.1. The molecule has 0 spiro atoms. The first kappa shape index (κ1) is 15.8. The molecule has 21 heavy (non-hydrogen) atoms. The predicted octanol–water partition coefficient (Wildman–Crippen LogP) is 2.54. The fourth-order valence-electron chi connectivity index (χ4n) is 2.90. The molecule has 4 nitrogen and oxygen atoms in total. The summed E-state index contributed by atoms with van der Waals surface area (Å²) in [4.78, 5) is 12.0. The van der Waals surface area contributed by atoms with Crippen LogP contribution in [0.1, 0.15) is 43.2 Å². The van der Waals surface area contributed by atoms with Crippen molar-refractivity contribution in [2.24, 2.45) is 0 Å². The third-order valence-corrected chi connectivity index (χ3v) is 3.98. The summed E-state index contributed by atoms with van der Waals surface area (Å²) in [5, 5.41) is 6.20. The van der Waals surface area contributed by atoms with Gasteiger partial charge in [0.05, 0.1) is 0 Å². The number of amides is 1. The van der Waals surface area contributed by atoms with Crippen LogP contribution in [0, 0.1) is 6.92 Å². The molecule has 116 valence electrons. The Hall–Kier alpha value is -1.55. The van der Waals surface area contributed by atoms with Gasteiger partial charge in [-0.15, -0.1) is 0 Å². The van der Waals surface area contributed by atoms with Gasteiger partial charge < -0.3 is 15.4 Å². The maximum atomic E-state index is 12.0. The molecule has 4 heteroatoms. The number of rotatable bonds is 6. The van der Waals surface area contributed by atoms with Gasteiger partial charge in [0, 0.05) is 18.2 Å². The zero-order chi connectivity index (χ0) is 15.1. The number of hydrogen-bond donors (Lipinski definition) is 2. The van der Waals surface area contributed by atoms with Crippen LogP contribution in [0.25, 0.3) is 0 Å². The first-order chi connectivity index (χ1) is 10.2. The highest BCUT2D eigenvalue weighted by Gasteiger charge is 2.16. The molecule has 0 unspecified atom stereocenters. The van der Waals surface area contributed by atoms with E-state index < -0.39 is 0 Å². The molecule has 0 atom stereocenters. The van der Waals surface area contributed by atoms with E-state index in [0.29, 0.717) is 6.04 Å². The summed E-state index contributed by atoms with van der Waals surface area (Å²) in [5.41, 5.74) is 2.15. The molecule has 0 aliphatic heterocycles. The Balaban J connectivity index is 1.88. The molecular weight excluding hydrogens is 264 g/mol. The molecule has 2 N–H and O–H groups in total. The second kappa shape index (κ2) is 8.03. The standard InChI is InChI=1S/C17H26N2O2/c1-13-7-6-8-14(11-18-2)17(13)21-12-16(20)19-15-9-4-3-5-10-15/h6-8,15,18H,3-5,9-12H2,1-2H3,(H,19,20).